The lowest BCUT2D eigenvalue weighted by Crippen LogP contribution is -2.14. The minimum Gasteiger partial charge on any atom is -0.326 e. The molecule has 3 nitrogen and oxygen atoms in total. The summed E-state index contributed by atoms with van der Waals surface area (Å²) in [5.41, 5.74) is 1.77. The van der Waals surface area contributed by atoms with Crippen LogP contribution in [0.1, 0.15) is 25.3 Å². The number of benzene rings is 1. The van der Waals surface area contributed by atoms with Crippen LogP contribution in [0.3, 0.4) is 0 Å². The molecule has 0 unspecified atom stereocenters. The molecule has 1 amide bonds. The lowest BCUT2D eigenvalue weighted by molar-refractivity contribution is -0.124. The van der Waals surface area contributed by atoms with Gasteiger partial charge in [0.1, 0.15) is 5.78 Å². The van der Waals surface area contributed by atoms with Gasteiger partial charge in [0.2, 0.25) is 5.91 Å². The van der Waals surface area contributed by atoms with Crippen LogP contribution in [0.2, 0.25) is 0 Å². The second-order valence-corrected chi connectivity index (χ2v) is 4.41. The van der Waals surface area contributed by atoms with Gasteiger partial charge in [-0.2, -0.15) is 12.6 Å². The first-order chi connectivity index (χ1) is 8.61. The van der Waals surface area contributed by atoms with Crippen molar-refractivity contribution in [3.63, 3.8) is 0 Å². The molecule has 0 aliphatic heterocycles. The number of hydrogen-bond acceptors (Lipinski definition) is 3. The summed E-state index contributed by atoms with van der Waals surface area (Å²) in [5.74, 6) is 0.412. The molecule has 0 saturated carbocycles. The van der Waals surface area contributed by atoms with Crippen LogP contribution in [0.5, 0.6) is 0 Å². The molecule has 0 bridgehead atoms. The SMILES string of the molecule is CC(=O)CC(=O)Nc1ccc(C=CCCS)cc1. The summed E-state index contributed by atoms with van der Waals surface area (Å²) in [6.07, 6.45) is 4.91. The van der Waals surface area contributed by atoms with E-state index < -0.39 is 0 Å². The summed E-state index contributed by atoms with van der Waals surface area (Å²) >= 11 is 4.12. The van der Waals surface area contributed by atoms with Crippen LogP contribution < -0.4 is 5.32 Å². The average Bonchev–Trinajstić information content (AvgIpc) is 2.30. The number of amides is 1. The highest BCUT2D eigenvalue weighted by atomic mass is 32.1. The van der Waals surface area contributed by atoms with Gasteiger partial charge in [0.05, 0.1) is 6.42 Å². The van der Waals surface area contributed by atoms with Gasteiger partial charge in [0.25, 0.3) is 0 Å². The second-order valence-electron chi connectivity index (χ2n) is 3.96. The molecule has 0 saturated heterocycles. The van der Waals surface area contributed by atoms with Crippen molar-refractivity contribution in [1.82, 2.24) is 0 Å². The van der Waals surface area contributed by atoms with E-state index in [4.69, 9.17) is 0 Å². The van der Waals surface area contributed by atoms with Crippen molar-refractivity contribution in [3.05, 3.63) is 35.9 Å². The average molecular weight is 263 g/mol. The van der Waals surface area contributed by atoms with E-state index >= 15 is 0 Å². The monoisotopic (exact) mass is 263 g/mol. The van der Waals surface area contributed by atoms with Gasteiger partial charge in [-0.15, -0.1) is 0 Å². The van der Waals surface area contributed by atoms with Gasteiger partial charge >= 0.3 is 0 Å². The number of nitrogens with one attached hydrogen (secondary N) is 1. The van der Waals surface area contributed by atoms with Crippen molar-refractivity contribution in [2.24, 2.45) is 0 Å². The van der Waals surface area contributed by atoms with Crippen molar-refractivity contribution < 1.29 is 9.59 Å². The number of Topliss-reactive ketones (excluding diaryl/α,β-unsaturated/α-hetero) is 1. The zero-order valence-corrected chi connectivity index (χ0v) is 11.2. The summed E-state index contributed by atoms with van der Waals surface area (Å²) in [6.45, 7) is 1.40. The molecule has 18 heavy (non-hydrogen) atoms. The van der Waals surface area contributed by atoms with Gasteiger partial charge in [-0.05, 0) is 36.8 Å². The lowest BCUT2D eigenvalue weighted by atomic mass is 10.2. The normalized spacial score (nSPS) is 10.6. The maximum absolute atomic E-state index is 11.4. The first-order valence-electron chi connectivity index (χ1n) is 5.78. The molecule has 4 heteroatoms. The van der Waals surface area contributed by atoms with Crippen molar-refractivity contribution in [1.29, 1.82) is 0 Å². The Balaban J connectivity index is 2.54. The van der Waals surface area contributed by atoms with E-state index in [2.05, 4.69) is 24.0 Å². The number of carbonyl (C=O) groups is 2. The molecule has 1 N–H and O–H groups in total. The van der Waals surface area contributed by atoms with Crippen molar-refractivity contribution >= 4 is 36.1 Å². The minimum atomic E-state index is -0.277. The first-order valence-corrected chi connectivity index (χ1v) is 6.42. The molecule has 0 radical (unpaired) electrons. The van der Waals surface area contributed by atoms with Crippen LogP contribution in [0.4, 0.5) is 5.69 Å². The first kappa shape index (κ1) is 14.5. The fraction of sp³-hybridized carbons (Fsp3) is 0.286. The number of ketones is 1. The molecule has 1 rings (SSSR count). The van der Waals surface area contributed by atoms with Crippen LogP contribution in [0.15, 0.2) is 30.3 Å². The Morgan fingerprint density at radius 1 is 1.28 bits per heavy atom. The summed E-state index contributed by atoms with van der Waals surface area (Å²) in [7, 11) is 0. The van der Waals surface area contributed by atoms with E-state index in [9.17, 15) is 9.59 Å². The number of anilines is 1. The van der Waals surface area contributed by atoms with Crippen LogP contribution in [-0.2, 0) is 9.59 Å². The molecule has 0 spiro atoms. The molecule has 0 fully saturated rings. The zero-order valence-electron chi connectivity index (χ0n) is 10.3. The Bertz CT molecular complexity index is 438. The molecule has 0 heterocycles. The molecule has 0 atom stereocenters. The van der Waals surface area contributed by atoms with Crippen LogP contribution in [-0.4, -0.2) is 17.4 Å². The minimum absolute atomic E-state index is 0.0798. The highest BCUT2D eigenvalue weighted by Gasteiger charge is 2.04. The predicted octanol–water partition coefficient (Wildman–Crippen LogP) is 2.94. The molecule has 0 aliphatic carbocycles. The van der Waals surface area contributed by atoms with E-state index in [0.717, 1.165) is 17.7 Å². The van der Waals surface area contributed by atoms with Gasteiger partial charge in [-0.1, -0.05) is 24.3 Å². The Hall–Kier alpha value is -1.55. The molecular formula is C14H17NO2S. The molecule has 1 aromatic carbocycles. The van der Waals surface area contributed by atoms with Crippen molar-refractivity contribution in [3.8, 4) is 0 Å². The standard InChI is InChI=1S/C14H17NO2S/c1-11(16)10-14(17)15-13-7-5-12(6-8-13)4-2-3-9-18/h2,4-8,18H,3,9-10H2,1H3,(H,15,17). The van der Waals surface area contributed by atoms with E-state index in [-0.39, 0.29) is 18.1 Å². The number of hydrogen-bond donors (Lipinski definition) is 2. The summed E-state index contributed by atoms with van der Waals surface area (Å²) in [6, 6.07) is 7.47. The van der Waals surface area contributed by atoms with E-state index in [0.29, 0.717) is 5.69 Å². The Kier molecular flexibility index (Phi) is 6.22. The van der Waals surface area contributed by atoms with E-state index in [1.54, 1.807) is 0 Å². The largest absolute Gasteiger partial charge is 0.326 e. The van der Waals surface area contributed by atoms with Gasteiger partial charge in [-0.25, -0.2) is 0 Å². The molecular weight excluding hydrogens is 246 g/mol. The fourth-order valence-electron chi connectivity index (χ4n) is 1.40. The van der Waals surface area contributed by atoms with Gasteiger partial charge in [-0.3, -0.25) is 9.59 Å². The second kappa shape index (κ2) is 7.71. The number of allylic oxidation sites excluding steroid dienone is 1. The third kappa shape index (κ3) is 5.68. The lowest BCUT2D eigenvalue weighted by Gasteiger charge is -2.04. The van der Waals surface area contributed by atoms with Crippen LogP contribution in [0, 0.1) is 0 Å². The molecule has 96 valence electrons. The van der Waals surface area contributed by atoms with Crippen LogP contribution >= 0.6 is 12.6 Å². The molecule has 1 aromatic rings. The smallest absolute Gasteiger partial charge is 0.231 e. The highest BCUT2D eigenvalue weighted by Crippen LogP contribution is 2.11. The Labute approximate surface area is 113 Å². The fourth-order valence-corrected chi connectivity index (χ4v) is 1.55. The van der Waals surface area contributed by atoms with Gasteiger partial charge < -0.3 is 5.32 Å². The van der Waals surface area contributed by atoms with E-state index in [1.807, 2.05) is 30.3 Å². The van der Waals surface area contributed by atoms with Crippen LogP contribution in [0.25, 0.3) is 6.08 Å². The van der Waals surface area contributed by atoms with E-state index in [1.165, 1.54) is 6.92 Å². The maximum atomic E-state index is 11.4. The zero-order chi connectivity index (χ0) is 13.4. The summed E-state index contributed by atoms with van der Waals surface area (Å²) in [5, 5.41) is 2.67. The molecule has 0 aromatic heterocycles. The predicted molar refractivity (Wildman–Crippen MR) is 77.9 cm³/mol. The topological polar surface area (TPSA) is 46.2 Å². The van der Waals surface area contributed by atoms with Gasteiger partial charge in [0, 0.05) is 5.69 Å². The summed E-state index contributed by atoms with van der Waals surface area (Å²) < 4.78 is 0. The Morgan fingerprint density at radius 2 is 1.94 bits per heavy atom. The van der Waals surface area contributed by atoms with Gasteiger partial charge in [0.15, 0.2) is 0 Å². The highest BCUT2D eigenvalue weighted by molar-refractivity contribution is 7.80. The van der Waals surface area contributed by atoms with Crippen molar-refractivity contribution in [2.75, 3.05) is 11.1 Å². The third-order valence-corrected chi connectivity index (χ3v) is 2.47. The number of thiol groups is 1. The number of carbonyl (C=O) groups excluding carboxylic acids is 2. The number of rotatable bonds is 6. The van der Waals surface area contributed by atoms with Crippen molar-refractivity contribution in [2.45, 2.75) is 19.8 Å². The third-order valence-electron chi connectivity index (χ3n) is 2.21. The molecule has 0 aliphatic rings. The summed E-state index contributed by atoms with van der Waals surface area (Å²) in [4.78, 5) is 22.1. The Morgan fingerprint density at radius 3 is 2.50 bits per heavy atom. The quantitative estimate of drug-likeness (QED) is 0.612. The maximum Gasteiger partial charge on any atom is 0.231 e.